The van der Waals surface area contributed by atoms with Gasteiger partial charge in [0.15, 0.2) is 0 Å². The van der Waals surface area contributed by atoms with Crippen molar-refractivity contribution in [1.29, 1.82) is 0 Å². The highest BCUT2D eigenvalue weighted by Crippen LogP contribution is 2.28. The fourth-order valence-electron chi connectivity index (χ4n) is 5.03. The van der Waals surface area contributed by atoms with Crippen molar-refractivity contribution in [2.45, 2.75) is 45.6 Å². The van der Waals surface area contributed by atoms with Gasteiger partial charge in [-0.2, -0.15) is 0 Å². The Kier molecular flexibility index (Phi) is 7.72. The maximum Gasteiger partial charge on any atom is 0.254 e. The van der Waals surface area contributed by atoms with E-state index in [0.717, 1.165) is 35.5 Å². The van der Waals surface area contributed by atoms with Gasteiger partial charge in [-0.05, 0) is 67.8 Å². The number of nitrogens with one attached hydrogen (secondary N) is 1. The molecule has 3 heterocycles. The number of piperidine rings is 1. The van der Waals surface area contributed by atoms with Gasteiger partial charge < -0.3 is 19.7 Å². The Labute approximate surface area is 223 Å². The second-order valence-corrected chi connectivity index (χ2v) is 10.2. The maximum absolute atomic E-state index is 13.2. The van der Waals surface area contributed by atoms with Crippen molar-refractivity contribution in [3.63, 3.8) is 0 Å². The number of ether oxygens (including phenoxy) is 2. The van der Waals surface area contributed by atoms with Crippen LogP contribution in [-0.4, -0.2) is 65.4 Å². The maximum atomic E-state index is 13.2. The van der Waals surface area contributed by atoms with Crippen molar-refractivity contribution in [2.24, 2.45) is 0 Å². The number of likely N-dealkylation sites (tertiary alicyclic amines) is 1. The molecule has 0 spiro atoms. The molecule has 2 aromatic carbocycles. The van der Waals surface area contributed by atoms with Crippen LogP contribution < -0.4 is 10.1 Å². The molecule has 38 heavy (non-hydrogen) atoms. The highest BCUT2D eigenvalue weighted by Gasteiger charge is 2.32. The zero-order valence-corrected chi connectivity index (χ0v) is 22.1. The minimum atomic E-state index is -0.241. The first-order valence-electron chi connectivity index (χ1n) is 13.0. The van der Waals surface area contributed by atoms with Crippen molar-refractivity contribution in [2.75, 3.05) is 26.7 Å². The molecule has 2 aliphatic rings. The van der Waals surface area contributed by atoms with Gasteiger partial charge in [0.25, 0.3) is 5.91 Å². The Hall–Kier alpha value is -3.75. The molecule has 0 saturated carbocycles. The van der Waals surface area contributed by atoms with Gasteiger partial charge in [-0.1, -0.05) is 24.3 Å². The molecule has 8 nitrogen and oxygen atoms in total. The van der Waals surface area contributed by atoms with Crippen LogP contribution in [0.5, 0.6) is 11.5 Å². The van der Waals surface area contributed by atoms with E-state index in [2.05, 4.69) is 15.2 Å². The normalized spacial score (nSPS) is 20.9. The van der Waals surface area contributed by atoms with E-state index >= 15 is 0 Å². The standard InChI is InChI=1S/C30H34N4O4/c1-20-10-11-23-15-28(20)38-25-9-5-7-22(14-25)19-37-27-12-13-34(16-24-8-4-6-21(2)31-24)17-26(27)32-29(35)18-33(3)30(23)36/h4-11,14-15,26-27H,12-13,16-19H2,1-3H3,(H,32,35)/t26-,27+/m0/s1. The average Bonchev–Trinajstić information content (AvgIpc) is 2.89. The van der Waals surface area contributed by atoms with Gasteiger partial charge in [0.05, 0.1) is 31.0 Å². The summed E-state index contributed by atoms with van der Waals surface area (Å²) in [5, 5.41) is 3.16. The SMILES string of the molecule is Cc1cccc(CN2CC[C@H]3OCc4cccc(c4)Oc4cc(ccc4C)C(=O)N(C)CC(=O)N[C@H]3C2)n1. The van der Waals surface area contributed by atoms with Crippen molar-refractivity contribution < 1.29 is 19.1 Å². The van der Waals surface area contributed by atoms with Crippen LogP contribution in [0, 0.1) is 13.8 Å². The average molecular weight is 515 g/mol. The summed E-state index contributed by atoms with van der Waals surface area (Å²) in [6, 6.07) is 19.0. The molecular weight excluding hydrogens is 480 g/mol. The summed E-state index contributed by atoms with van der Waals surface area (Å²) >= 11 is 0. The summed E-state index contributed by atoms with van der Waals surface area (Å²) in [4.78, 5) is 34.6. The van der Waals surface area contributed by atoms with E-state index in [1.807, 2.05) is 62.4 Å². The van der Waals surface area contributed by atoms with E-state index in [4.69, 9.17) is 9.47 Å². The molecule has 1 saturated heterocycles. The zero-order chi connectivity index (χ0) is 26.6. The largest absolute Gasteiger partial charge is 0.457 e. The molecule has 2 aliphatic heterocycles. The number of aryl methyl sites for hydroxylation is 2. The van der Waals surface area contributed by atoms with Gasteiger partial charge in [0.2, 0.25) is 5.91 Å². The predicted molar refractivity (Wildman–Crippen MR) is 144 cm³/mol. The lowest BCUT2D eigenvalue weighted by molar-refractivity contribution is -0.125. The molecule has 4 bridgehead atoms. The molecule has 0 aliphatic carbocycles. The lowest BCUT2D eigenvalue weighted by Gasteiger charge is -2.39. The van der Waals surface area contributed by atoms with Gasteiger partial charge >= 0.3 is 0 Å². The number of fused-ring (bicyclic) bond motifs is 5. The zero-order valence-electron chi connectivity index (χ0n) is 22.1. The first-order valence-corrected chi connectivity index (χ1v) is 13.0. The van der Waals surface area contributed by atoms with E-state index in [-0.39, 0.29) is 30.5 Å². The second-order valence-electron chi connectivity index (χ2n) is 10.2. The van der Waals surface area contributed by atoms with Crippen LogP contribution in [0.3, 0.4) is 0 Å². The molecule has 1 aromatic heterocycles. The van der Waals surface area contributed by atoms with Crippen molar-refractivity contribution in [3.05, 3.63) is 88.7 Å². The van der Waals surface area contributed by atoms with Gasteiger partial charge in [0, 0.05) is 37.9 Å². The molecule has 2 atom stereocenters. The van der Waals surface area contributed by atoms with Crippen molar-refractivity contribution >= 4 is 11.8 Å². The number of hydrogen-bond acceptors (Lipinski definition) is 6. The van der Waals surface area contributed by atoms with Gasteiger partial charge in [-0.3, -0.25) is 19.5 Å². The first kappa shape index (κ1) is 25.9. The Balaban J connectivity index is 1.39. The molecule has 0 radical (unpaired) electrons. The van der Waals surface area contributed by atoms with Gasteiger partial charge in [0.1, 0.15) is 11.5 Å². The smallest absolute Gasteiger partial charge is 0.254 e. The highest BCUT2D eigenvalue weighted by molar-refractivity contribution is 5.96. The summed E-state index contributed by atoms with van der Waals surface area (Å²) in [6.07, 6.45) is 0.611. The fourth-order valence-corrected chi connectivity index (χ4v) is 5.03. The monoisotopic (exact) mass is 514 g/mol. The van der Waals surface area contributed by atoms with Crippen LogP contribution in [0.2, 0.25) is 0 Å². The summed E-state index contributed by atoms with van der Waals surface area (Å²) in [6.45, 7) is 6.45. The molecule has 5 rings (SSSR count). The lowest BCUT2D eigenvalue weighted by Crippen LogP contribution is -2.57. The lowest BCUT2D eigenvalue weighted by atomic mass is 10.0. The summed E-state index contributed by atoms with van der Waals surface area (Å²) in [5.41, 5.74) is 4.36. The van der Waals surface area contributed by atoms with Crippen LogP contribution in [0.15, 0.2) is 60.7 Å². The molecule has 0 unspecified atom stereocenters. The number of carbonyl (C=O) groups excluding carboxylic acids is 2. The molecular formula is C30H34N4O4. The van der Waals surface area contributed by atoms with Crippen molar-refractivity contribution in [1.82, 2.24) is 20.1 Å². The number of benzene rings is 2. The highest BCUT2D eigenvalue weighted by atomic mass is 16.5. The molecule has 1 fully saturated rings. The van der Waals surface area contributed by atoms with E-state index in [9.17, 15) is 9.59 Å². The first-order chi connectivity index (χ1) is 18.3. The number of amides is 2. The Morgan fingerprint density at radius 1 is 1.05 bits per heavy atom. The van der Waals surface area contributed by atoms with Gasteiger partial charge in [-0.15, -0.1) is 0 Å². The summed E-state index contributed by atoms with van der Waals surface area (Å²) in [5.74, 6) is 0.834. The number of carbonyl (C=O) groups is 2. The molecule has 198 valence electrons. The third kappa shape index (κ3) is 6.20. The van der Waals surface area contributed by atoms with Crippen molar-refractivity contribution in [3.8, 4) is 11.5 Å². The number of rotatable bonds is 2. The predicted octanol–water partition coefficient (Wildman–Crippen LogP) is 3.85. The fraction of sp³-hybridized carbons (Fsp3) is 0.367. The van der Waals surface area contributed by atoms with E-state index in [1.165, 1.54) is 4.90 Å². The third-order valence-electron chi connectivity index (χ3n) is 7.06. The molecule has 2 amide bonds. The number of likely N-dealkylation sites (N-methyl/N-ethyl adjacent to an activating group) is 1. The third-order valence-corrected chi connectivity index (χ3v) is 7.06. The molecule has 1 N–H and O–H groups in total. The topological polar surface area (TPSA) is 84.0 Å². The number of hydrogen-bond donors (Lipinski definition) is 1. The van der Waals surface area contributed by atoms with E-state index in [1.54, 1.807) is 19.2 Å². The summed E-state index contributed by atoms with van der Waals surface area (Å²) < 4.78 is 12.5. The summed E-state index contributed by atoms with van der Waals surface area (Å²) in [7, 11) is 1.64. The van der Waals surface area contributed by atoms with Crippen LogP contribution >= 0.6 is 0 Å². The van der Waals surface area contributed by atoms with Crippen LogP contribution in [0.4, 0.5) is 0 Å². The van der Waals surface area contributed by atoms with Crippen LogP contribution in [-0.2, 0) is 22.7 Å². The number of pyridine rings is 1. The van der Waals surface area contributed by atoms with Crippen LogP contribution in [0.25, 0.3) is 0 Å². The van der Waals surface area contributed by atoms with E-state index < -0.39 is 0 Å². The minimum Gasteiger partial charge on any atom is -0.457 e. The number of nitrogens with zero attached hydrogens (tertiary/aromatic N) is 3. The number of aromatic nitrogens is 1. The quantitative estimate of drug-likeness (QED) is 0.559. The Morgan fingerprint density at radius 2 is 1.89 bits per heavy atom. The minimum absolute atomic E-state index is 0.0510. The van der Waals surface area contributed by atoms with E-state index in [0.29, 0.717) is 36.8 Å². The molecule has 8 heteroatoms. The Morgan fingerprint density at radius 3 is 2.74 bits per heavy atom. The van der Waals surface area contributed by atoms with Gasteiger partial charge in [-0.25, -0.2) is 0 Å². The molecule has 3 aromatic rings. The van der Waals surface area contributed by atoms with Crippen LogP contribution in [0.1, 0.15) is 39.3 Å². The Bertz CT molecular complexity index is 1330. The second kappa shape index (κ2) is 11.3.